The van der Waals surface area contributed by atoms with E-state index in [0.29, 0.717) is 0 Å². The van der Waals surface area contributed by atoms with Crippen LogP contribution in [-0.4, -0.2) is 104 Å². The van der Waals surface area contributed by atoms with Crippen molar-refractivity contribution >= 4 is 47.4 Å². The van der Waals surface area contributed by atoms with Crippen molar-refractivity contribution < 1.29 is 58.8 Å². The Bertz CT molecular complexity index is 956. The van der Waals surface area contributed by atoms with Crippen LogP contribution < -0.4 is 32.7 Å². The van der Waals surface area contributed by atoms with E-state index >= 15 is 0 Å². The van der Waals surface area contributed by atoms with E-state index in [1.54, 1.807) is 0 Å². The maximum Gasteiger partial charge on any atom is 0.325 e. The lowest BCUT2D eigenvalue weighted by Crippen LogP contribution is -2.59. The molecule has 12 N–H and O–H groups in total. The largest absolute Gasteiger partial charge is 0.481 e. The van der Waals surface area contributed by atoms with Crippen molar-refractivity contribution in [3.8, 4) is 0 Å². The molecule has 0 aromatic rings. The Kier molecular flexibility index (Phi) is 14.7. The first-order chi connectivity index (χ1) is 18.0. The number of carboxylic acid groups (broad SMARTS) is 3. The summed E-state index contributed by atoms with van der Waals surface area (Å²) < 4.78 is 0. The summed E-state index contributed by atoms with van der Waals surface area (Å²) in [5.41, 5.74) is 10.6. The SMILES string of the molecule is C[C@H](NC(=O)[C@H](CCC(N)=O)NC(=O)[C@H](CC(=O)O)NC(=O)[C@H](CCC(=O)O)NC(=O)[C@@H](N)[C@@H](C)O)C(=O)O. The Morgan fingerprint density at radius 3 is 1.54 bits per heavy atom. The molecule has 0 heterocycles. The van der Waals surface area contributed by atoms with Crippen molar-refractivity contribution in [2.75, 3.05) is 0 Å². The molecule has 18 nitrogen and oxygen atoms in total. The van der Waals surface area contributed by atoms with Gasteiger partial charge in [-0.05, 0) is 26.7 Å². The third-order valence-electron chi connectivity index (χ3n) is 5.16. The van der Waals surface area contributed by atoms with Gasteiger partial charge in [0.15, 0.2) is 0 Å². The van der Waals surface area contributed by atoms with Crippen LogP contribution in [0, 0.1) is 0 Å². The van der Waals surface area contributed by atoms with Gasteiger partial charge in [-0.25, -0.2) is 0 Å². The zero-order valence-corrected chi connectivity index (χ0v) is 21.2. The number of rotatable bonds is 18. The van der Waals surface area contributed by atoms with Crippen molar-refractivity contribution in [3.63, 3.8) is 0 Å². The van der Waals surface area contributed by atoms with Gasteiger partial charge in [0.1, 0.15) is 30.2 Å². The molecule has 0 spiro atoms. The second kappa shape index (κ2) is 16.5. The number of aliphatic hydroxyl groups excluding tert-OH is 1. The zero-order chi connectivity index (χ0) is 30.4. The van der Waals surface area contributed by atoms with Crippen molar-refractivity contribution in [3.05, 3.63) is 0 Å². The maximum atomic E-state index is 12.9. The van der Waals surface area contributed by atoms with Crippen molar-refractivity contribution in [1.82, 2.24) is 21.3 Å². The Labute approximate surface area is 221 Å². The molecule has 0 saturated carbocycles. The summed E-state index contributed by atoms with van der Waals surface area (Å²) in [4.78, 5) is 94.9. The van der Waals surface area contributed by atoms with Gasteiger partial charge in [-0.15, -0.1) is 0 Å². The second-order valence-electron chi connectivity index (χ2n) is 8.55. The van der Waals surface area contributed by atoms with Crippen LogP contribution in [0.15, 0.2) is 0 Å². The van der Waals surface area contributed by atoms with Crippen molar-refractivity contribution in [1.29, 1.82) is 0 Å². The first kappa shape index (κ1) is 34.7. The number of carbonyl (C=O) groups excluding carboxylic acids is 5. The van der Waals surface area contributed by atoms with E-state index < -0.39 is 116 Å². The van der Waals surface area contributed by atoms with Crippen LogP contribution in [-0.2, 0) is 38.4 Å². The summed E-state index contributed by atoms with van der Waals surface area (Å²) in [5.74, 6) is -9.69. The minimum absolute atomic E-state index is 0.401. The van der Waals surface area contributed by atoms with Crippen LogP contribution in [0.4, 0.5) is 0 Å². The number of nitrogens with one attached hydrogen (secondary N) is 4. The number of aliphatic carboxylic acids is 3. The van der Waals surface area contributed by atoms with Crippen LogP contribution in [0.5, 0.6) is 0 Å². The molecule has 18 heteroatoms. The number of aliphatic hydroxyl groups is 1. The average molecular weight is 563 g/mol. The number of carbonyl (C=O) groups is 8. The van der Waals surface area contributed by atoms with Crippen molar-refractivity contribution in [2.45, 2.75) is 82.3 Å². The fraction of sp³-hybridized carbons (Fsp3) is 0.619. The first-order valence-electron chi connectivity index (χ1n) is 11.6. The monoisotopic (exact) mass is 562 g/mol. The highest BCUT2D eigenvalue weighted by atomic mass is 16.4. The summed E-state index contributed by atoms with van der Waals surface area (Å²) in [6.45, 7) is 2.31. The molecular weight excluding hydrogens is 528 g/mol. The molecule has 0 aromatic carbocycles. The van der Waals surface area contributed by atoms with E-state index in [1.807, 2.05) is 0 Å². The Morgan fingerprint density at radius 2 is 1.10 bits per heavy atom. The molecule has 5 amide bonds. The van der Waals surface area contributed by atoms with E-state index in [1.165, 1.54) is 6.92 Å². The molecule has 0 bridgehead atoms. The van der Waals surface area contributed by atoms with Gasteiger partial charge in [0, 0.05) is 12.8 Å². The molecule has 0 radical (unpaired) electrons. The smallest absolute Gasteiger partial charge is 0.325 e. The van der Waals surface area contributed by atoms with Crippen LogP contribution >= 0.6 is 0 Å². The number of nitrogens with two attached hydrogens (primary N) is 2. The molecule has 0 aliphatic rings. The average Bonchev–Trinajstić information content (AvgIpc) is 2.81. The summed E-state index contributed by atoms with van der Waals surface area (Å²) in [6, 6.07) is -7.95. The van der Waals surface area contributed by atoms with Gasteiger partial charge in [-0.2, -0.15) is 0 Å². The van der Waals surface area contributed by atoms with Gasteiger partial charge >= 0.3 is 17.9 Å². The standard InChI is InChI=1S/C21H34N6O12/c1-8(21(38)39)24-17(34)10(3-5-13(22)29)25-19(36)12(7-15(32)33)27-18(35)11(4-6-14(30)31)26-20(37)16(23)9(2)28/h8-12,16,28H,3-7,23H2,1-2H3,(H2,22,29)(H,24,34)(H,25,36)(H,26,37)(H,27,35)(H,30,31)(H,32,33)(H,38,39)/t8-,9+,10-,11-,12-,16-/m0/s1. The van der Waals surface area contributed by atoms with E-state index in [9.17, 15) is 48.6 Å². The summed E-state index contributed by atoms with van der Waals surface area (Å²) in [7, 11) is 0. The first-order valence-corrected chi connectivity index (χ1v) is 11.6. The Balaban J connectivity index is 5.86. The lowest BCUT2D eigenvalue weighted by atomic mass is 10.1. The highest BCUT2D eigenvalue weighted by Gasteiger charge is 2.33. The summed E-state index contributed by atoms with van der Waals surface area (Å²) >= 11 is 0. The fourth-order valence-electron chi connectivity index (χ4n) is 2.88. The minimum atomic E-state index is -1.87. The quantitative estimate of drug-likeness (QED) is 0.0752. The molecule has 39 heavy (non-hydrogen) atoms. The van der Waals surface area contributed by atoms with E-state index in [-0.39, 0.29) is 0 Å². The van der Waals surface area contributed by atoms with Crippen LogP contribution in [0.3, 0.4) is 0 Å². The Hall–Kier alpha value is -4.32. The third kappa shape index (κ3) is 13.7. The van der Waals surface area contributed by atoms with Crippen LogP contribution in [0.25, 0.3) is 0 Å². The van der Waals surface area contributed by atoms with Gasteiger partial charge in [0.25, 0.3) is 0 Å². The predicted molar refractivity (Wildman–Crippen MR) is 128 cm³/mol. The minimum Gasteiger partial charge on any atom is -0.481 e. The van der Waals surface area contributed by atoms with Gasteiger partial charge < -0.3 is 53.2 Å². The molecule has 0 saturated heterocycles. The maximum absolute atomic E-state index is 12.9. The molecule has 0 unspecified atom stereocenters. The molecule has 0 fully saturated rings. The number of hydrogen-bond acceptors (Lipinski definition) is 10. The molecule has 6 atom stereocenters. The summed E-state index contributed by atoms with van der Waals surface area (Å²) in [5, 5.41) is 45.0. The molecule has 0 aliphatic carbocycles. The predicted octanol–water partition coefficient (Wildman–Crippen LogP) is -4.66. The van der Waals surface area contributed by atoms with Crippen LogP contribution in [0.1, 0.15) is 46.0 Å². The number of carboxylic acids is 3. The normalized spacial score (nSPS) is 15.3. The van der Waals surface area contributed by atoms with Gasteiger partial charge in [0.2, 0.25) is 29.5 Å². The number of amides is 5. The Morgan fingerprint density at radius 1 is 0.667 bits per heavy atom. The fourth-order valence-corrected chi connectivity index (χ4v) is 2.88. The zero-order valence-electron chi connectivity index (χ0n) is 21.2. The van der Waals surface area contributed by atoms with E-state index in [0.717, 1.165) is 6.92 Å². The molecule has 220 valence electrons. The molecule has 0 aromatic heterocycles. The highest BCUT2D eigenvalue weighted by molar-refractivity contribution is 5.97. The van der Waals surface area contributed by atoms with Gasteiger partial charge in [0.05, 0.1) is 12.5 Å². The molecular formula is C21H34N6O12. The van der Waals surface area contributed by atoms with Gasteiger partial charge in [-0.3, -0.25) is 38.4 Å². The summed E-state index contributed by atoms with van der Waals surface area (Å²) in [6.07, 6.45) is -4.33. The second-order valence-corrected chi connectivity index (χ2v) is 8.55. The van der Waals surface area contributed by atoms with E-state index in [2.05, 4.69) is 21.3 Å². The van der Waals surface area contributed by atoms with Crippen molar-refractivity contribution in [2.24, 2.45) is 11.5 Å². The van der Waals surface area contributed by atoms with Crippen LogP contribution in [0.2, 0.25) is 0 Å². The number of primary amides is 1. The number of hydrogen-bond donors (Lipinski definition) is 10. The highest BCUT2D eigenvalue weighted by Crippen LogP contribution is 2.05. The third-order valence-corrected chi connectivity index (χ3v) is 5.16. The lowest BCUT2D eigenvalue weighted by Gasteiger charge is -2.25. The van der Waals surface area contributed by atoms with Gasteiger partial charge in [-0.1, -0.05) is 0 Å². The topological polar surface area (TPSA) is 318 Å². The lowest BCUT2D eigenvalue weighted by molar-refractivity contribution is -0.143. The molecule has 0 aliphatic heterocycles. The van der Waals surface area contributed by atoms with E-state index in [4.69, 9.17) is 21.7 Å². The molecule has 0 rings (SSSR count).